The summed E-state index contributed by atoms with van der Waals surface area (Å²) in [6.07, 6.45) is 16.2. The standard InChI is InChI=1S/C17H11.C10H14.C5H5.2ClH.Zr/c1-3-7-14-12(5-1)9-10-16-15-8-4-2-6-13(15)11-17(14)16;1-7-2-9-4-8(1)5-10(3-7)6-9;1-2-4-5-3-1;;;/h1-11H;7-10H,1-5H2;1-3H,4H2;2*1H;/q;;;;;+2/p-2. The maximum Gasteiger partial charge on any atom is -1.00 e. The van der Waals surface area contributed by atoms with Gasteiger partial charge in [-0.25, -0.2) is 0 Å². The Kier molecular flexibility index (Phi) is 6.36. The Labute approximate surface area is 228 Å². The summed E-state index contributed by atoms with van der Waals surface area (Å²) in [4.78, 5) is 0. The molecule has 3 aromatic carbocycles. The Bertz CT molecular complexity index is 1380. The van der Waals surface area contributed by atoms with Crippen LogP contribution in [0, 0.1) is 23.7 Å². The van der Waals surface area contributed by atoms with Gasteiger partial charge in [0.2, 0.25) is 0 Å². The average molecular weight is 577 g/mol. The minimum absolute atomic E-state index is 0. The Morgan fingerprint density at radius 2 is 1.40 bits per heavy atom. The normalized spacial score (nSPS) is 28.6. The molecule has 0 nitrogen and oxygen atoms in total. The molecule has 6 aliphatic rings. The van der Waals surface area contributed by atoms with Gasteiger partial charge in [-0.1, -0.05) is 0 Å². The van der Waals surface area contributed by atoms with E-state index in [0.29, 0.717) is 3.63 Å². The average Bonchev–Trinajstić information content (AvgIpc) is 3.48. The van der Waals surface area contributed by atoms with Crippen LogP contribution in [0.1, 0.15) is 53.3 Å². The molecule has 0 aromatic heterocycles. The molecule has 1 atom stereocenters. The first-order valence-corrected chi connectivity index (χ1v) is 16.9. The van der Waals surface area contributed by atoms with Gasteiger partial charge in [0.15, 0.2) is 0 Å². The minimum atomic E-state index is -2.18. The summed E-state index contributed by atoms with van der Waals surface area (Å²) in [5, 5.41) is 2.94. The Hall–Kier alpha value is -1.27. The van der Waals surface area contributed by atoms with Crippen molar-refractivity contribution in [1.82, 2.24) is 0 Å². The van der Waals surface area contributed by atoms with E-state index in [1.165, 1.54) is 54.0 Å². The zero-order valence-corrected chi connectivity index (χ0v) is 23.9. The van der Waals surface area contributed by atoms with Crippen LogP contribution in [0.3, 0.4) is 0 Å². The van der Waals surface area contributed by atoms with Crippen LogP contribution < -0.4 is 24.8 Å². The van der Waals surface area contributed by atoms with Gasteiger partial charge in [0, 0.05) is 0 Å². The third-order valence-electron chi connectivity index (χ3n) is 9.56. The van der Waals surface area contributed by atoms with E-state index in [2.05, 4.69) is 82.1 Å². The van der Waals surface area contributed by atoms with Crippen LogP contribution in [-0.2, 0) is 21.3 Å². The van der Waals surface area contributed by atoms with Gasteiger partial charge in [0.05, 0.1) is 0 Å². The minimum Gasteiger partial charge on any atom is -1.00 e. The van der Waals surface area contributed by atoms with Gasteiger partial charge < -0.3 is 24.8 Å². The molecule has 176 valence electrons. The number of benzene rings is 3. The number of rotatable bonds is 2. The predicted molar refractivity (Wildman–Crippen MR) is 135 cm³/mol. The van der Waals surface area contributed by atoms with E-state index in [4.69, 9.17) is 0 Å². The Morgan fingerprint density at radius 1 is 0.686 bits per heavy atom. The van der Waals surface area contributed by atoms with Crippen LogP contribution in [0.4, 0.5) is 0 Å². The number of hydrogen-bond acceptors (Lipinski definition) is 0. The van der Waals surface area contributed by atoms with E-state index >= 15 is 0 Å². The monoisotopic (exact) mass is 574 g/mol. The summed E-state index contributed by atoms with van der Waals surface area (Å²) >= 11 is -2.18. The maximum atomic E-state index is 2.57. The zero-order valence-electron chi connectivity index (χ0n) is 19.9. The molecule has 0 N–H and O–H groups in total. The van der Waals surface area contributed by atoms with Gasteiger partial charge in [-0.05, 0) is 0 Å². The van der Waals surface area contributed by atoms with Crippen molar-refractivity contribution in [3.63, 3.8) is 0 Å². The molecule has 0 saturated heterocycles. The van der Waals surface area contributed by atoms with Crippen LogP contribution in [-0.4, -0.2) is 3.21 Å². The molecule has 0 aliphatic heterocycles. The van der Waals surface area contributed by atoms with Crippen molar-refractivity contribution in [1.29, 1.82) is 0 Å². The van der Waals surface area contributed by atoms with Crippen molar-refractivity contribution < 1.29 is 46.1 Å². The van der Waals surface area contributed by atoms with Crippen LogP contribution in [0.25, 0.3) is 21.9 Å². The third-order valence-corrected chi connectivity index (χ3v) is 18.6. The fourth-order valence-electron chi connectivity index (χ4n) is 8.61. The smallest absolute Gasteiger partial charge is 1.00 e. The fraction of sp³-hybridized carbons (Fsp3) is 0.344. The first-order valence-electron chi connectivity index (χ1n) is 13.1. The third kappa shape index (κ3) is 3.60. The molecule has 0 amide bonds. The van der Waals surface area contributed by atoms with E-state index in [1.54, 1.807) is 17.5 Å². The van der Waals surface area contributed by atoms with Gasteiger partial charge in [0.25, 0.3) is 0 Å². The number of allylic oxidation sites excluding steroid dienone is 4. The van der Waals surface area contributed by atoms with Gasteiger partial charge in [-0.3, -0.25) is 0 Å². The van der Waals surface area contributed by atoms with E-state index in [0.717, 1.165) is 23.7 Å². The number of halogens is 2. The summed E-state index contributed by atoms with van der Waals surface area (Å²) < 4.78 is 4.68. The molecule has 4 bridgehead atoms. The molecular formula is C32H30Cl2Zr. The molecule has 3 heteroatoms. The van der Waals surface area contributed by atoms with Crippen LogP contribution >= 0.6 is 0 Å². The van der Waals surface area contributed by atoms with Crippen molar-refractivity contribution >= 4 is 14.0 Å². The molecule has 0 radical (unpaired) electrons. The van der Waals surface area contributed by atoms with Crippen LogP contribution in [0.15, 0.2) is 82.2 Å². The van der Waals surface area contributed by atoms with Crippen LogP contribution in [0.2, 0.25) is 0 Å². The van der Waals surface area contributed by atoms with E-state index in [1.807, 2.05) is 3.28 Å². The maximum absolute atomic E-state index is 2.57. The van der Waals surface area contributed by atoms with E-state index in [-0.39, 0.29) is 24.8 Å². The van der Waals surface area contributed by atoms with Crippen molar-refractivity contribution in [2.75, 3.05) is 0 Å². The molecule has 3 aromatic rings. The van der Waals surface area contributed by atoms with Gasteiger partial charge in [-0.15, -0.1) is 0 Å². The largest absolute Gasteiger partial charge is 1.00 e. The number of hydrogen-bond donors (Lipinski definition) is 0. The molecule has 6 aliphatic carbocycles. The molecule has 1 unspecified atom stereocenters. The van der Waals surface area contributed by atoms with Crippen molar-refractivity contribution in [3.05, 3.63) is 93.3 Å². The summed E-state index contributed by atoms with van der Waals surface area (Å²) in [5.41, 5.74) is 6.41. The van der Waals surface area contributed by atoms with Crippen molar-refractivity contribution in [3.8, 4) is 11.1 Å². The SMILES string of the molecule is C1=CC[C]([Zr+2](=[C]2C3CC4CC(C3)CC2C4)[CH]2c3ccccc3-c3ccc4ccccc4c32)=C1.[Cl-].[Cl-]. The summed E-state index contributed by atoms with van der Waals surface area (Å²) in [7, 11) is 0. The molecule has 0 spiro atoms. The van der Waals surface area contributed by atoms with E-state index in [9.17, 15) is 0 Å². The molecule has 0 heterocycles. The molecule has 4 saturated carbocycles. The summed E-state index contributed by atoms with van der Waals surface area (Å²) in [5.74, 6) is 3.98. The number of fused-ring (bicyclic) bond motifs is 5. The quantitative estimate of drug-likeness (QED) is 0.438. The fourth-order valence-corrected chi connectivity index (χ4v) is 18.9. The second kappa shape index (κ2) is 9.24. The predicted octanol–water partition coefficient (Wildman–Crippen LogP) is 2.01. The zero-order chi connectivity index (χ0) is 21.5. The van der Waals surface area contributed by atoms with Crippen molar-refractivity contribution in [2.45, 2.75) is 42.2 Å². The van der Waals surface area contributed by atoms with E-state index < -0.39 is 21.3 Å². The summed E-state index contributed by atoms with van der Waals surface area (Å²) in [6, 6.07) is 23.5. The van der Waals surface area contributed by atoms with Gasteiger partial charge >= 0.3 is 205 Å². The molecule has 4 fully saturated rings. The summed E-state index contributed by atoms with van der Waals surface area (Å²) in [6.45, 7) is 0. The van der Waals surface area contributed by atoms with Crippen molar-refractivity contribution in [2.24, 2.45) is 23.7 Å². The van der Waals surface area contributed by atoms with Gasteiger partial charge in [0.1, 0.15) is 0 Å². The molecule has 35 heavy (non-hydrogen) atoms. The Balaban J connectivity index is 0.00000114. The van der Waals surface area contributed by atoms with Crippen LogP contribution in [0.5, 0.6) is 0 Å². The molecule has 9 rings (SSSR count). The second-order valence-electron chi connectivity index (χ2n) is 11.3. The second-order valence-corrected chi connectivity index (χ2v) is 17.7. The first-order chi connectivity index (χ1) is 16.3. The van der Waals surface area contributed by atoms with Gasteiger partial charge in [-0.2, -0.15) is 0 Å². The first kappa shape index (κ1) is 24.1. The topological polar surface area (TPSA) is 0 Å². The Morgan fingerprint density at radius 3 is 2.14 bits per heavy atom. The molecular weight excluding hydrogens is 546 g/mol.